The molecule has 3 N–H and O–H groups in total. The highest BCUT2D eigenvalue weighted by Gasteiger charge is 2.12. The van der Waals surface area contributed by atoms with Crippen molar-refractivity contribution in [2.75, 3.05) is 0 Å². The van der Waals surface area contributed by atoms with Gasteiger partial charge in [0.05, 0.1) is 17.6 Å². The molecule has 0 atom stereocenters. The predicted octanol–water partition coefficient (Wildman–Crippen LogP) is 3.17. The fourth-order valence-electron chi connectivity index (χ4n) is 2.74. The van der Waals surface area contributed by atoms with E-state index >= 15 is 0 Å². The highest BCUT2D eigenvalue weighted by molar-refractivity contribution is 5.95. The Labute approximate surface area is 146 Å². The Bertz CT molecular complexity index is 1080. The third-order valence-corrected chi connectivity index (χ3v) is 4.05. The lowest BCUT2D eigenvalue weighted by Gasteiger charge is -2.00. The molecule has 0 saturated carbocycles. The fraction of sp³-hybridized carbons (Fsp3) is 0.111. The largest absolute Gasteiger partial charge is 0.481 e. The highest BCUT2D eigenvalue weighted by Crippen LogP contribution is 2.29. The molecule has 0 spiro atoms. The molecule has 26 heavy (non-hydrogen) atoms. The molecule has 4 rings (SSSR count). The SMILES string of the molecule is O=C(O)CCc1nc(-c2ccc3[nH]nc(-c4ccc(F)cc4)c3c2)n[nH]1. The highest BCUT2D eigenvalue weighted by atomic mass is 19.1. The van der Waals surface area contributed by atoms with Gasteiger partial charge in [-0.25, -0.2) is 9.37 Å². The third kappa shape index (κ3) is 3.04. The van der Waals surface area contributed by atoms with Crippen LogP contribution in [0.5, 0.6) is 0 Å². The van der Waals surface area contributed by atoms with E-state index in [-0.39, 0.29) is 18.7 Å². The molecule has 130 valence electrons. The minimum atomic E-state index is -0.883. The van der Waals surface area contributed by atoms with Crippen molar-refractivity contribution in [2.45, 2.75) is 12.8 Å². The van der Waals surface area contributed by atoms with Crippen LogP contribution < -0.4 is 0 Å². The molecule has 0 bridgehead atoms. The lowest BCUT2D eigenvalue weighted by Crippen LogP contribution is -1.98. The van der Waals surface area contributed by atoms with E-state index in [0.29, 0.717) is 17.3 Å². The first kappa shape index (κ1) is 15.9. The number of rotatable bonds is 5. The number of benzene rings is 2. The molecule has 0 radical (unpaired) electrons. The molecule has 8 heteroatoms. The van der Waals surface area contributed by atoms with Gasteiger partial charge in [0.25, 0.3) is 0 Å². The third-order valence-electron chi connectivity index (χ3n) is 4.05. The second-order valence-electron chi connectivity index (χ2n) is 5.84. The summed E-state index contributed by atoms with van der Waals surface area (Å²) in [5.41, 5.74) is 3.13. The van der Waals surface area contributed by atoms with Gasteiger partial charge in [-0.2, -0.15) is 10.2 Å². The molecule has 7 nitrogen and oxygen atoms in total. The predicted molar refractivity (Wildman–Crippen MR) is 92.8 cm³/mol. The van der Waals surface area contributed by atoms with Crippen molar-refractivity contribution >= 4 is 16.9 Å². The van der Waals surface area contributed by atoms with Gasteiger partial charge in [0, 0.05) is 22.9 Å². The van der Waals surface area contributed by atoms with Crippen LogP contribution in [0.3, 0.4) is 0 Å². The number of hydrogen-bond acceptors (Lipinski definition) is 4. The van der Waals surface area contributed by atoms with Crippen molar-refractivity contribution in [3.63, 3.8) is 0 Å². The lowest BCUT2D eigenvalue weighted by molar-refractivity contribution is -0.137. The van der Waals surface area contributed by atoms with Crippen LogP contribution in [-0.4, -0.2) is 36.5 Å². The Morgan fingerprint density at radius 2 is 1.81 bits per heavy atom. The van der Waals surface area contributed by atoms with Crippen LogP contribution in [0.15, 0.2) is 42.5 Å². The Morgan fingerprint density at radius 1 is 1.04 bits per heavy atom. The summed E-state index contributed by atoms with van der Waals surface area (Å²) in [6.07, 6.45) is 0.279. The molecular formula is C18H14FN5O2. The van der Waals surface area contributed by atoms with Crippen LogP contribution in [-0.2, 0) is 11.2 Å². The first-order valence-corrected chi connectivity index (χ1v) is 7.97. The summed E-state index contributed by atoms with van der Waals surface area (Å²) in [5.74, 6) is -0.178. The van der Waals surface area contributed by atoms with Crippen LogP contribution >= 0.6 is 0 Å². The van der Waals surface area contributed by atoms with Gasteiger partial charge < -0.3 is 5.11 Å². The first-order chi connectivity index (χ1) is 12.6. The zero-order valence-corrected chi connectivity index (χ0v) is 13.5. The van der Waals surface area contributed by atoms with Crippen molar-refractivity contribution in [1.82, 2.24) is 25.4 Å². The topological polar surface area (TPSA) is 108 Å². The number of nitrogens with zero attached hydrogens (tertiary/aromatic N) is 3. The van der Waals surface area contributed by atoms with Crippen LogP contribution in [0, 0.1) is 5.82 Å². The van der Waals surface area contributed by atoms with Gasteiger partial charge in [-0.1, -0.05) is 0 Å². The Kier molecular flexibility index (Phi) is 3.92. The molecule has 0 aliphatic heterocycles. The van der Waals surface area contributed by atoms with E-state index in [1.165, 1.54) is 12.1 Å². The standard InChI is InChI=1S/C18H14FN5O2/c19-12-4-1-10(2-5-12)17-13-9-11(3-6-14(13)21-23-17)18-20-15(22-24-18)7-8-16(25)26/h1-6,9H,7-8H2,(H,21,23)(H,25,26)(H,20,22,24). The van der Waals surface area contributed by atoms with Crippen molar-refractivity contribution in [3.8, 4) is 22.6 Å². The number of carbonyl (C=O) groups is 1. The second kappa shape index (κ2) is 6.40. The average molecular weight is 351 g/mol. The maximum absolute atomic E-state index is 13.2. The first-order valence-electron chi connectivity index (χ1n) is 7.97. The summed E-state index contributed by atoms with van der Waals surface area (Å²) < 4.78 is 13.2. The van der Waals surface area contributed by atoms with Crippen molar-refractivity contribution in [1.29, 1.82) is 0 Å². The van der Waals surface area contributed by atoms with E-state index in [1.54, 1.807) is 12.1 Å². The Balaban J connectivity index is 1.70. The number of aryl methyl sites for hydroxylation is 1. The van der Waals surface area contributed by atoms with E-state index in [2.05, 4.69) is 25.4 Å². The number of halogens is 1. The van der Waals surface area contributed by atoms with Crippen molar-refractivity contribution < 1.29 is 14.3 Å². The molecule has 0 aliphatic rings. The number of aromatic nitrogens is 5. The van der Waals surface area contributed by atoms with Gasteiger partial charge in [-0.3, -0.25) is 15.0 Å². The van der Waals surface area contributed by atoms with Crippen LogP contribution in [0.2, 0.25) is 0 Å². The molecule has 0 unspecified atom stereocenters. The number of carboxylic acids is 1. The van der Waals surface area contributed by atoms with Gasteiger partial charge in [0.1, 0.15) is 11.6 Å². The normalized spacial score (nSPS) is 11.1. The van der Waals surface area contributed by atoms with E-state index in [4.69, 9.17) is 5.11 Å². The minimum Gasteiger partial charge on any atom is -0.481 e. The molecule has 0 saturated heterocycles. The number of nitrogens with one attached hydrogen (secondary N) is 2. The van der Waals surface area contributed by atoms with E-state index in [1.807, 2.05) is 18.2 Å². The smallest absolute Gasteiger partial charge is 0.303 e. The van der Waals surface area contributed by atoms with Gasteiger partial charge >= 0.3 is 5.97 Å². The summed E-state index contributed by atoms with van der Waals surface area (Å²) in [4.78, 5) is 15.0. The second-order valence-corrected chi connectivity index (χ2v) is 5.84. The van der Waals surface area contributed by atoms with E-state index < -0.39 is 5.97 Å². The lowest BCUT2D eigenvalue weighted by atomic mass is 10.1. The molecular weight excluding hydrogens is 337 g/mol. The van der Waals surface area contributed by atoms with Crippen molar-refractivity contribution in [3.05, 3.63) is 54.1 Å². The van der Waals surface area contributed by atoms with E-state index in [0.717, 1.165) is 22.0 Å². The molecule has 0 aliphatic carbocycles. The quantitative estimate of drug-likeness (QED) is 0.512. The van der Waals surface area contributed by atoms with Crippen molar-refractivity contribution in [2.24, 2.45) is 0 Å². The Hall–Kier alpha value is -3.55. The van der Waals surface area contributed by atoms with Gasteiger partial charge in [0.2, 0.25) is 0 Å². The summed E-state index contributed by atoms with van der Waals surface area (Å²) in [7, 11) is 0. The molecule has 0 fully saturated rings. The number of H-pyrrole nitrogens is 2. The summed E-state index contributed by atoms with van der Waals surface area (Å²) in [5, 5.41) is 23.8. The van der Waals surface area contributed by atoms with E-state index in [9.17, 15) is 9.18 Å². The molecule has 4 aromatic rings. The molecule has 2 aromatic carbocycles. The monoisotopic (exact) mass is 351 g/mol. The number of aromatic amines is 2. The van der Waals surface area contributed by atoms with Gasteiger partial charge in [-0.05, 0) is 42.5 Å². The fourth-order valence-corrected chi connectivity index (χ4v) is 2.74. The summed E-state index contributed by atoms with van der Waals surface area (Å²) in [6, 6.07) is 11.8. The molecule has 2 aromatic heterocycles. The number of aliphatic carboxylic acids is 1. The maximum Gasteiger partial charge on any atom is 0.303 e. The molecule has 0 amide bonds. The number of hydrogen-bond donors (Lipinski definition) is 3. The van der Waals surface area contributed by atoms with Gasteiger partial charge in [-0.15, -0.1) is 0 Å². The van der Waals surface area contributed by atoms with Crippen LogP contribution in [0.1, 0.15) is 12.2 Å². The molecule has 2 heterocycles. The van der Waals surface area contributed by atoms with Crippen LogP contribution in [0.25, 0.3) is 33.5 Å². The minimum absolute atomic E-state index is 0.00981. The Morgan fingerprint density at radius 3 is 2.58 bits per heavy atom. The van der Waals surface area contributed by atoms with Crippen LogP contribution in [0.4, 0.5) is 4.39 Å². The number of carboxylic acid groups (broad SMARTS) is 1. The summed E-state index contributed by atoms with van der Waals surface area (Å²) >= 11 is 0. The average Bonchev–Trinajstić information content (AvgIpc) is 3.27. The maximum atomic E-state index is 13.2. The van der Waals surface area contributed by atoms with Gasteiger partial charge in [0.15, 0.2) is 5.82 Å². The number of fused-ring (bicyclic) bond motifs is 1. The zero-order chi connectivity index (χ0) is 18.1. The zero-order valence-electron chi connectivity index (χ0n) is 13.5. The summed E-state index contributed by atoms with van der Waals surface area (Å²) in [6.45, 7) is 0.